The molecule has 0 aliphatic heterocycles. The Morgan fingerprint density at radius 2 is 2.19 bits per heavy atom. The highest BCUT2D eigenvalue weighted by atomic mass is 32.2. The summed E-state index contributed by atoms with van der Waals surface area (Å²) in [6.07, 6.45) is 1.83. The Morgan fingerprint density at radius 1 is 1.56 bits per heavy atom. The van der Waals surface area contributed by atoms with Gasteiger partial charge in [-0.3, -0.25) is 0 Å². The van der Waals surface area contributed by atoms with Crippen LogP contribution in [0.15, 0.2) is 11.0 Å². The Balaban J connectivity index is 2.31. The van der Waals surface area contributed by atoms with Crippen molar-refractivity contribution in [2.45, 2.75) is 43.7 Å². The molecule has 16 heavy (non-hydrogen) atoms. The second-order valence-electron chi connectivity index (χ2n) is 4.50. The normalized spacial score (nSPS) is 18.7. The van der Waals surface area contributed by atoms with E-state index in [9.17, 15) is 8.42 Å². The van der Waals surface area contributed by atoms with Crippen LogP contribution >= 0.6 is 11.3 Å². The molecule has 0 atom stereocenters. The van der Waals surface area contributed by atoms with Gasteiger partial charge in [-0.2, -0.15) is 0 Å². The minimum absolute atomic E-state index is 0.226. The Kier molecular flexibility index (Phi) is 2.86. The van der Waals surface area contributed by atoms with Gasteiger partial charge in [-0.25, -0.2) is 13.1 Å². The number of rotatable bonds is 4. The SMILES string of the molecule is Cc1sc(CN)cc1S(=O)(=O)NC1(C)CC1. The van der Waals surface area contributed by atoms with Crippen LogP contribution in [0.2, 0.25) is 0 Å². The molecule has 1 aliphatic carbocycles. The summed E-state index contributed by atoms with van der Waals surface area (Å²) in [4.78, 5) is 2.09. The molecule has 0 amide bonds. The zero-order chi connectivity index (χ0) is 12.0. The molecule has 0 unspecified atom stereocenters. The highest BCUT2D eigenvalue weighted by Gasteiger charge is 2.41. The highest BCUT2D eigenvalue weighted by Crippen LogP contribution is 2.37. The zero-order valence-corrected chi connectivity index (χ0v) is 11.0. The monoisotopic (exact) mass is 260 g/mol. The van der Waals surface area contributed by atoms with Crippen molar-refractivity contribution in [3.8, 4) is 0 Å². The summed E-state index contributed by atoms with van der Waals surface area (Å²) in [6.45, 7) is 4.13. The fourth-order valence-corrected chi connectivity index (χ4v) is 4.54. The van der Waals surface area contributed by atoms with Gasteiger partial charge in [0.1, 0.15) is 0 Å². The van der Waals surface area contributed by atoms with Gasteiger partial charge < -0.3 is 5.73 Å². The molecule has 1 heterocycles. The molecule has 6 heteroatoms. The molecule has 0 aromatic carbocycles. The average Bonchev–Trinajstić information content (AvgIpc) is 2.76. The summed E-state index contributed by atoms with van der Waals surface area (Å²) < 4.78 is 26.9. The number of hydrogen-bond acceptors (Lipinski definition) is 4. The van der Waals surface area contributed by atoms with E-state index >= 15 is 0 Å². The van der Waals surface area contributed by atoms with Crippen molar-refractivity contribution in [3.63, 3.8) is 0 Å². The van der Waals surface area contributed by atoms with Crippen LogP contribution in [0.3, 0.4) is 0 Å². The van der Waals surface area contributed by atoms with Crippen LogP contribution in [0.4, 0.5) is 0 Å². The summed E-state index contributed by atoms with van der Waals surface area (Å²) in [7, 11) is -3.37. The molecule has 1 aliphatic rings. The van der Waals surface area contributed by atoms with Crippen LogP contribution in [-0.2, 0) is 16.6 Å². The third-order valence-corrected chi connectivity index (χ3v) is 5.76. The summed E-state index contributed by atoms with van der Waals surface area (Å²) >= 11 is 1.44. The molecule has 90 valence electrons. The molecule has 0 spiro atoms. The number of hydrogen-bond donors (Lipinski definition) is 2. The van der Waals surface area contributed by atoms with Crippen LogP contribution in [0.25, 0.3) is 0 Å². The van der Waals surface area contributed by atoms with E-state index in [2.05, 4.69) is 4.72 Å². The second kappa shape index (κ2) is 3.80. The van der Waals surface area contributed by atoms with Crippen LogP contribution < -0.4 is 10.5 Å². The first-order valence-corrected chi connectivity index (χ1v) is 7.50. The molecule has 4 nitrogen and oxygen atoms in total. The smallest absolute Gasteiger partial charge is 0.242 e. The van der Waals surface area contributed by atoms with Gasteiger partial charge in [0, 0.05) is 21.8 Å². The van der Waals surface area contributed by atoms with Crippen molar-refractivity contribution >= 4 is 21.4 Å². The Hall–Kier alpha value is -0.430. The van der Waals surface area contributed by atoms with Crippen molar-refractivity contribution in [2.24, 2.45) is 5.73 Å². The molecular weight excluding hydrogens is 244 g/mol. The van der Waals surface area contributed by atoms with Crippen molar-refractivity contribution in [1.82, 2.24) is 4.72 Å². The lowest BCUT2D eigenvalue weighted by molar-refractivity contribution is 0.558. The molecular formula is C10H16N2O2S2. The van der Waals surface area contributed by atoms with Crippen molar-refractivity contribution in [2.75, 3.05) is 0 Å². The number of nitrogens with two attached hydrogens (primary N) is 1. The predicted molar refractivity (Wildman–Crippen MR) is 64.9 cm³/mol. The molecule has 0 radical (unpaired) electrons. The molecule has 1 saturated carbocycles. The predicted octanol–water partition coefficient (Wildman–Crippen LogP) is 1.35. The number of aryl methyl sites for hydroxylation is 1. The fraction of sp³-hybridized carbons (Fsp3) is 0.600. The Labute approximate surface area is 99.9 Å². The van der Waals surface area contributed by atoms with Gasteiger partial charge in [0.2, 0.25) is 10.0 Å². The van der Waals surface area contributed by atoms with Gasteiger partial charge in [0.25, 0.3) is 0 Å². The first-order valence-electron chi connectivity index (χ1n) is 5.20. The maximum atomic E-state index is 12.1. The summed E-state index contributed by atoms with van der Waals surface area (Å²) in [5.41, 5.74) is 5.28. The minimum atomic E-state index is -3.37. The second-order valence-corrected chi connectivity index (χ2v) is 7.50. The summed E-state index contributed by atoms with van der Waals surface area (Å²) in [6, 6.07) is 1.67. The highest BCUT2D eigenvalue weighted by molar-refractivity contribution is 7.89. The maximum Gasteiger partial charge on any atom is 0.242 e. The van der Waals surface area contributed by atoms with E-state index in [0.29, 0.717) is 11.4 Å². The van der Waals surface area contributed by atoms with Gasteiger partial charge in [0.15, 0.2) is 0 Å². The molecule has 0 bridgehead atoms. The first kappa shape index (κ1) is 12.0. The van der Waals surface area contributed by atoms with Crippen molar-refractivity contribution in [1.29, 1.82) is 0 Å². The topological polar surface area (TPSA) is 72.2 Å². The molecule has 1 aromatic rings. The Bertz CT molecular complexity index is 501. The molecule has 1 aromatic heterocycles. The third-order valence-electron chi connectivity index (χ3n) is 2.79. The van der Waals surface area contributed by atoms with Crippen LogP contribution in [-0.4, -0.2) is 14.0 Å². The van der Waals surface area contributed by atoms with E-state index in [4.69, 9.17) is 5.73 Å². The fourth-order valence-electron chi connectivity index (χ4n) is 1.56. The summed E-state index contributed by atoms with van der Waals surface area (Å²) in [5, 5.41) is 0. The number of sulfonamides is 1. The number of thiophene rings is 1. The van der Waals surface area contributed by atoms with E-state index in [1.165, 1.54) is 11.3 Å². The van der Waals surface area contributed by atoms with Gasteiger partial charge in [-0.15, -0.1) is 11.3 Å². The van der Waals surface area contributed by atoms with E-state index in [1.807, 2.05) is 13.8 Å². The molecule has 2 rings (SSSR count). The quantitative estimate of drug-likeness (QED) is 0.858. The maximum absolute atomic E-state index is 12.1. The van der Waals surface area contributed by atoms with Crippen molar-refractivity contribution < 1.29 is 8.42 Å². The molecule has 0 saturated heterocycles. The largest absolute Gasteiger partial charge is 0.326 e. The zero-order valence-electron chi connectivity index (χ0n) is 9.41. The van der Waals surface area contributed by atoms with E-state index in [1.54, 1.807) is 6.07 Å². The first-order chi connectivity index (χ1) is 7.36. The van der Waals surface area contributed by atoms with Gasteiger partial charge >= 0.3 is 0 Å². The van der Waals surface area contributed by atoms with Crippen LogP contribution in [0.1, 0.15) is 29.5 Å². The lowest BCUT2D eigenvalue weighted by atomic mass is 10.4. The number of nitrogens with one attached hydrogen (secondary N) is 1. The molecule has 1 fully saturated rings. The average molecular weight is 260 g/mol. The lowest BCUT2D eigenvalue weighted by Gasteiger charge is -2.11. The van der Waals surface area contributed by atoms with E-state index in [-0.39, 0.29) is 5.54 Å². The van der Waals surface area contributed by atoms with Gasteiger partial charge in [0.05, 0.1) is 4.90 Å². The van der Waals surface area contributed by atoms with E-state index < -0.39 is 10.0 Å². The van der Waals surface area contributed by atoms with Gasteiger partial charge in [-0.05, 0) is 32.8 Å². The third kappa shape index (κ3) is 2.29. The summed E-state index contributed by atoms with van der Waals surface area (Å²) in [5.74, 6) is 0. The van der Waals surface area contributed by atoms with E-state index in [0.717, 1.165) is 22.6 Å². The lowest BCUT2D eigenvalue weighted by Crippen LogP contribution is -2.34. The molecule has 3 N–H and O–H groups in total. The Morgan fingerprint density at radius 3 is 2.62 bits per heavy atom. The van der Waals surface area contributed by atoms with Crippen molar-refractivity contribution in [3.05, 3.63) is 15.8 Å². The van der Waals surface area contributed by atoms with Gasteiger partial charge in [-0.1, -0.05) is 0 Å². The van der Waals surface area contributed by atoms with Crippen LogP contribution in [0.5, 0.6) is 0 Å². The minimum Gasteiger partial charge on any atom is -0.326 e. The standard InChI is InChI=1S/C10H16N2O2S2/c1-7-9(5-8(6-11)15-7)16(13,14)12-10(2)3-4-10/h5,12H,3-4,6,11H2,1-2H3. The van der Waals surface area contributed by atoms with Crippen LogP contribution in [0, 0.1) is 6.92 Å².